The summed E-state index contributed by atoms with van der Waals surface area (Å²) in [5.41, 5.74) is 5.83. The highest BCUT2D eigenvalue weighted by atomic mass is 32.2. The fourth-order valence-electron chi connectivity index (χ4n) is 5.09. The van der Waals surface area contributed by atoms with Crippen molar-refractivity contribution in [3.8, 4) is 0 Å². The van der Waals surface area contributed by atoms with Crippen molar-refractivity contribution in [3.05, 3.63) is 10.6 Å². The second-order valence-corrected chi connectivity index (χ2v) is 10.0. The number of hydrogen-bond donors (Lipinski definition) is 3. The number of nitrogens with two attached hydrogens (primary N) is 1. The molecule has 0 aliphatic carbocycles. The Bertz CT molecular complexity index is 781. The maximum Gasteiger partial charge on any atom is 0.353 e. The Morgan fingerprint density at radius 3 is 2.48 bits per heavy atom. The molecule has 3 fully saturated rings. The van der Waals surface area contributed by atoms with Crippen LogP contribution in [0.25, 0.3) is 0 Å². The van der Waals surface area contributed by atoms with Gasteiger partial charge in [-0.15, -0.1) is 11.8 Å². The average Bonchev–Trinajstić information content (AvgIpc) is 3.08. The molecule has 2 amide bonds. The number of fused-ring (bicyclic) bond motifs is 1. The number of amides is 2. The molecule has 9 nitrogen and oxygen atoms in total. The average molecular weight is 425 g/mol. The van der Waals surface area contributed by atoms with E-state index >= 15 is 0 Å². The van der Waals surface area contributed by atoms with Gasteiger partial charge in [-0.25, -0.2) is 4.79 Å². The Kier molecular flexibility index (Phi) is 5.17. The molecule has 0 aromatic heterocycles. The molecule has 4 rings (SSSR count). The van der Waals surface area contributed by atoms with Gasteiger partial charge in [0, 0.05) is 41.7 Å². The number of rotatable bonds is 5. The highest BCUT2D eigenvalue weighted by Gasteiger charge is 2.60. The summed E-state index contributed by atoms with van der Waals surface area (Å²) >= 11 is 1.47. The molecule has 4 heterocycles. The van der Waals surface area contributed by atoms with Crippen LogP contribution in [0.2, 0.25) is 0 Å². The summed E-state index contributed by atoms with van der Waals surface area (Å²) < 4.78 is 0. The number of carbonyl (C=O) groups is 3. The summed E-state index contributed by atoms with van der Waals surface area (Å²) in [6, 6.07) is -0.480. The first-order chi connectivity index (χ1) is 13.6. The number of aliphatic hydroxyl groups excluding tert-OH is 1. The lowest BCUT2D eigenvalue weighted by atomic mass is 9.79. The van der Waals surface area contributed by atoms with Crippen LogP contribution in [0, 0.1) is 11.8 Å². The highest BCUT2D eigenvalue weighted by Crippen LogP contribution is 2.52. The first kappa shape index (κ1) is 20.6. The predicted octanol–water partition coefficient (Wildman–Crippen LogP) is -0.884. The second kappa shape index (κ2) is 7.26. The van der Waals surface area contributed by atoms with Crippen molar-refractivity contribution < 1.29 is 24.6 Å². The van der Waals surface area contributed by atoms with Gasteiger partial charge in [-0.2, -0.15) is 0 Å². The monoisotopic (exact) mass is 424 g/mol. The number of carboxylic acids is 1. The first-order valence-corrected chi connectivity index (χ1v) is 10.9. The number of β-lactam (4-membered cyclic amide) rings is 1. The maximum atomic E-state index is 12.7. The SMILES string of the molecule is C[C@@H](O)[C@H]1C(=O)N2C(C(=O)O)=C(S[C@H]3C[C@@H](C(=O)N4CC(N)C4)N(C)C3)[C@H](C)[C@H]12. The normalized spacial score (nSPS) is 36.2. The third-order valence-electron chi connectivity index (χ3n) is 6.62. The molecule has 0 bridgehead atoms. The molecular weight excluding hydrogens is 396 g/mol. The predicted molar refractivity (Wildman–Crippen MR) is 107 cm³/mol. The van der Waals surface area contributed by atoms with Crippen LogP contribution in [0.3, 0.4) is 0 Å². The summed E-state index contributed by atoms with van der Waals surface area (Å²) in [4.78, 5) is 42.9. The molecule has 3 saturated heterocycles. The number of hydrogen-bond acceptors (Lipinski definition) is 7. The standard InChI is InChI=1S/C19H28N4O5S/c1-8-14-13(9(2)24)18(26)23(14)15(19(27)28)16(8)29-11-4-12(21(3)7-11)17(25)22-5-10(20)6-22/h8-14,24H,4-7,20H2,1-3H3,(H,27,28)/t8-,9-,11+,12+,13-,14-/m1/s1. The van der Waals surface area contributed by atoms with Gasteiger partial charge < -0.3 is 25.7 Å². The molecule has 0 saturated carbocycles. The lowest BCUT2D eigenvalue weighted by Crippen LogP contribution is -2.63. The molecule has 29 heavy (non-hydrogen) atoms. The summed E-state index contributed by atoms with van der Waals surface area (Å²) in [7, 11) is 1.91. The van der Waals surface area contributed by atoms with Gasteiger partial charge in [0.1, 0.15) is 5.70 Å². The van der Waals surface area contributed by atoms with Gasteiger partial charge in [-0.05, 0) is 20.4 Å². The summed E-state index contributed by atoms with van der Waals surface area (Å²) in [5.74, 6) is -2.08. The van der Waals surface area contributed by atoms with Crippen LogP contribution >= 0.6 is 11.8 Å². The van der Waals surface area contributed by atoms with Crippen molar-refractivity contribution in [2.45, 2.75) is 49.7 Å². The van der Waals surface area contributed by atoms with Gasteiger partial charge in [-0.3, -0.25) is 14.5 Å². The second-order valence-electron chi connectivity index (χ2n) is 8.71. The Labute approximate surface area is 173 Å². The van der Waals surface area contributed by atoms with Crippen LogP contribution in [-0.4, -0.2) is 98.9 Å². The minimum absolute atomic E-state index is 0.0422. The molecule has 4 aliphatic rings. The van der Waals surface area contributed by atoms with Gasteiger partial charge in [0.25, 0.3) is 0 Å². The van der Waals surface area contributed by atoms with Gasteiger partial charge >= 0.3 is 5.97 Å². The number of carboxylic acid groups (broad SMARTS) is 1. The van der Waals surface area contributed by atoms with E-state index in [4.69, 9.17) is 5.73 Å². The van der Waals surface area contributed by atoms with Crippen molar-refractivity contribution in [3.63, 3.8) is 0 Å². The topological polar surface area (TPSA) is 127 Å². The zero-order valence-corrected chi connectivity index (χ0v) is 17.6. The Morgan fingerprint density at radius 2 is 1.93 bits per heavy atom. The van der Waals surface area contributed by atoms with Gasteiger partial charge in [-0.1, -0.05) is 6.92 Å². The molecule has 4 aliphatic heterocycles. The minimum Gasteiger partial charge on any atom is -0.477 e. The van der Waals surface area contributed by atoms with Gasteiger partial charge in [0.15, 0.2) is 0 Å². The number of likely N-dealkylation sites (N-methyl/N-ethyl adjacent to an activating group) is 1. The van der Waals surface area contributed by atoms with Gasteiger partial charge in [0.05, 0.1) is 24.1 Å². The molecule has 160 valence electrons. The Morgan fingerprint density at radius 1 is 1.28 bits per heavy atom. The zero-order chi connectivity index (χ0) is 21.2. The molecule has 0 unspecified atom stereocenters. The number of carbonyl (C=O) groups excluding carboxylic acids is 2. The minimum atomic E-state index is -1.12. The van der Waals surface area contributed by atoms with E-state index in [1.165, 1.54) is 16.7 Å². The number of aliphatic hydroxyl groups is 1. The van der Waals surface area contributed by atoms with E-state index in [1.807, 2.05) is 18.9 Å². The maximum absolute atomic E-state index is 12.7. The molecule has 0 radical (unpaired) electrons. The zero-order valence-electron chi connectivity index (χ0n) is 16.8. The first-order valence-electron chi connectivity index (χ1n) is 10.0. The number of aliphatic carboxylic acids is 1. The summed E-state index contributed by atoms with van der Waals surface area (Å²) in [6.45, 7) is 5.34. The van der Waals surface area contributed by atoms with Crippen molar-refractivity contribution in [1.82, 2.24) is 14.7 Å². The fourth-order valence-corrected chi connectivity index (χ4v) is 6.69. The summed E-state index contributed by atoms with van der Waals surface area (Å²) in [6.07, 6.45) is -0.180. The molecule has 6 atom stereocenters. The van der Waals surface area contributed by atoms with Gasteiger partial charge in [0.2, 0.25) is 11.8 Å². The molecule has 0 aromatic carbocycles. The van der Waals surface area contributed by atoms with Crippen LogP contribution in [-0.2, 0) is 14.4 Å². The number of nitrogens with zero attached hydrogens (tertiary/aromatic N) is 3. The lowest BCUT2D eigenvalue weighted by Gasteiger charge is -2.46. The van der Waals surface area contributed by atoms with Crippen LogP contribution in [0.15, 0.2) is 10.6 Å². The van der Waals surface area contributed by atoms with E-state index < -0.39 is 18.0 Å². The fraction of sp³-hybridized carbons (Fsp3) is 0.737. The quantitative estimate of drug-likeness (QED) is 0.486. The van der Waals surface area contributed by atoms with E-state index in [1.54, 1.807) is 11.8 Å². The van der Waals surface area contributed by atoms with Crippen LogP contribution in [0.5, 0.6) is 0 Å². The lowest BCUT2D eigenvalue weighted by molar-refractivity contribution is -0.163. The summed E-state index contributed by atoms with van der Waals surface area (Å²) in [5, 5.41) is 19.8. The third-order valence-corrected chi connectivity index (χ3v) is 8.12. The molecule has 4 N–H and O–H groups in total. The molecule has 10 heteroatoms. The van der Waals surface area contributed by atoms with E-state index in [9.17, 15) is 24.6 Å². The van der Waals surface area contributed by atoms with E-state index in [0.717, 1.165) is 0 Å². The molecule has 0 spiro atoms. The third kappa shape index (κ3) is 3.17. The van der Waals surface area contributed by atoms with Crippen LogP contribution in [0.1, 0.15) is 20.3 Å². The Hall–Kier alpha value is -1.62. The number of likely N-dealkylation sites (tertiary alicyclic amines) is 2. The van der Waals surface area contributed by atoms with Crippen LogP contribution < -0.4 is 5.73 Å². The van der Waals surface area contributed by atoms with E-state index in [-0.39, 0.29) is 46.8 Å². The Balaban J connectivity index is 1.49. The van der Waals surface area contributed by atoms with E-state index in [0.29, 0.717) is 31.0 Å². The van der Waals surface area contributed by atoms with Crippen molar-refractivity contribution in [1.29, 1.82) is 0 Å². The van der Waals surface area contributed by atoms with Crippen molar-refractivity contribution >= 4 is 29.5 Å². The largest absolute Gasteiger partial charge is 0.477 e. The highest BCUT2D eigenvalue weighted by molar-refractivity contribution is 8.03. The molecular formula is C19H28N4O5S. The van der Waals surface area contributed by atoms with Crippen molar-refractivity contribution in [2.75, 3.05) is 26.7 Å². The van der Waals surface area contributed by atoms with Crippen molar-refractivity contribution in [2.24, 2.45) is 17.6 Å². The number of thioether (sulfide) groups is 1. The smallest absolute Gasteiger partial charge is 0.353 e. The van der Waals surface area contributed by atoms with Crippen LogP contribution in [0.4, 0.5) is 0 Å². The molecule has 0 aromatic rings. The van der Waals surface area contributed by atoms with E-state index in [2.05, 4.69) is 0 Å².